The maximum absolute atomic E-state index is 13.0. The summed E-state index contributed by atoms with van der Waals surface area (Å²) in [5.74, 6) is 0.0909. The number of benzene rings is 2. The third-order valence-corrected chi connectivity index (χ3v) is 5.68. The molecular weight excluding hydrogens is 376 g/mol. The van der Waals surface area contributed by atoms with E-state index < -0.39 is 0 Å². The van der Waals surface area contributed by atoms with Crippen LogP contribution in [0.25, 0.3) is 5.69 Å². The number of nitrogens with zero attached hydrogens (tertiary/aromatic N) is 4. The minimum Gasteiger partial charge on any atom is -0.337 e. The summed E-state index contributed by atoms with van der Waals surface area (Å²) in [5, 5.41) is 4.67. The maximum Gasteiger partial charge on any atom is 0.253 e. The Labute approximate surface area is 176 Å². The SMILES string of the molecule is Cc1nn(-c2ccccc2)c(C)c1CN(C)C(=O)c1ccc(N2CCCC2=O)cc1. The third-order valence-electron chi connectivity index (χ3n) is 5.68. The highest BCUT2D eigenvalue weighted by atomic mass is 16.2. The Hall–Kier alpha value is -3.41. The van der Waals surface area contributed by atoms with Crippen LogP contribution in [-0.4, -0.2) is 40.1 Å². The van der Waals surface area contributed by atoms with E-state index >= 15 is 0 Å². The first-order valence-corrected chi connectivity index (χ1v) is 10.2. The molecule has 4 rings (SSSR count). The van der Waals surface area contributed by atoms with E-state index in [1.54, 1.807) is 29.0 Å². The van der Waals surface area contributed by atoms with Gasteiger partial charge in [-0.25, -0.2) is 4.68 Å². The van der Waals surface area contributed by atoms with Gasteiger partial charge in [0.1, 0.15) is 0 Å². The number of carbonyl (C=O) groups is 2. The van der Waals surface area contributed by atoms with Crippen molar-refractivity contribution in [1.82, 2.24) is 14.7 Å². The number of aromatic nitrogens is 2. The second kappa shape index (κ2) is 8.14. The molecule has 0 spiro atoms. The molecule has 0 atom stereocenters. The first-order valence-electron chi connectivity index (χ1n) is 10.2. The normalized spacial score (nSPS) is 13.7. The second-order valence-corrected chi connectivity index (χ2v) is 7.75. The summed E-state index contributed by atoms with van der Waals surface area (Å²) in [7, 11) is 1.80. The number of anilines is 1. The highest BCUT2D eigenvalue weighted by molar-refractivity contribution is 5.97. The van der Waals surface area contributed by atoms with Gasteiger partial charge >= 0.3 is 0 Å². The van der Waals surface area contributed by atoms with Crippen LogP contribution in [0, 0.1) is 13.8 Å². The van der Waals surface area contributed by atoms with Gasteiger partial charge in [-0.3, -0.25) is 9.59 Å². The molecule has 0 unspecified atom stereocenters. The molecule has 1 fully saturated rings. The van der Waals surface area contributed by atoms with Gasteiger partial charge in [-0.2, -0.15) is 5.10 Å². The van der Waals surface area contributed by atoms with Gasteiger partial charge in [-0.05, 0) is 56.7 Å². The van der Waals surface area contributed by atoms with E-state index in [-0.39, 0.29) is 11.8 Å². The van der Waals surface area contributed by atoms with Crippen molar-refractivity contribution in [3.63, 3.8) is 0 Å². The van der Waals surface area contributed by atoms with Gasteiger partial charge in [0.2, 0.25) is 5.91 Å². The summed E-state index contributed by atoms with van der Waals surface area (Å²) in [4.78, 5) is 28.4. The lowest BCUT2D eigenvalue weighted by Crippen LogP contribution is -2.27. The molecule has 2 aromatic carbocycles. The quantitative estimate of drug-likeness (QED) is 0.651. The summed E-state index contributed by atoms with van der Waals surface area (Å²) < 4.78 is 1.92. The van der Waals surface area contributed by atoms with E-state index in [1.165, 1.54) is 0 Å². The van der Waals surface area contributed by atoms with Gasteiger partial charge in [-0.15, -0.1) is 0 Å². The Bertz CT molecular complexity index is 1070. The minimum absolute atomic E-state index is 0.0550. The van der Waals surface area contributed by atoms with Crippen molar-refractivity contribution < 1.29 is 9.59 Å². The minimum atomic E-state index is -0.0550. The lowest BCUT2D eigenvalue weighted by atomic mass is 10.1. The number of hydrogen-bond donors (Lipinski definition) is 0. The molecule has 1 aliphatic rings. The topological polar surface area (TPSA) is 58.4 Å². The lowest BCUT2D eigenvalue weighted by molar-refractivity contribution is -0.117. The molecule has 2 heterocycles. The number of amides is 2. The van der Waals surface area contributed by atoms with Crippen LogP contribution in [0.4, 0.5) is 5.69 Å². The summed E-state index contributed by atoms with van der Waals surface area (Å²) in [6, 6.07) is 17.3. The Kier molecular flexibility index (Phi) is 5.40. The molecule has 0 saturated carbocycles. The Balaban J connectivity index is 1.50. The number of para-hydroxylation sites is 1. The van der Waals surface area contributed by atoms with Crippen molar-refractivity contribution in [2.45, 2.75) is 33.2 Å². The van der Waals surface area contributed by atoms with Gasteiger partial charge in [0, 0.05) is 49.1 Å². The predicted molar refractivity (Wildman–Crippen MR) is 117 cm³/mol. The van der Waals surface area contributed by atoms with Crippen molar-refractivity contribution in [2.24, 2.45) is 0 Å². The zero-order chi connectivity index (χ0) is 21.3. The van der Waals surface area contributed by atoms with Crippen LogP contribution in [0.15, 0.2) is 54.6 Å². The van der Waals surface area contributed by atoms with Gasteiger partial charge in [0.05, 0.1) is 11.4 Å². The van der Waals surface area contributed by atoms with Crippen molar-refractivity contribution in [3.8, 4) is 5.69 Å². The average Bonchev–Trinajstić information content (AvgIpc) is 3.32. The van der Waals surface area contributed by atoms with E-state index in [0.29, 0.717) is 18.5 Å². The largest absolute Gasteiger partial charge is 0.337 e. The van der Waals surface area contributed by atoms with Crippen LogP contribution >= 0.6 is 0 Å². The van der Waals surface area contributed by atoms with Crippen LogP contribution in [0.1, 0.15) is 40.2 Å². The smallest absolute Gasteiger partial charge is 0.253 e. The Morgan fingerprint density at radius 1 is 1.03 bits per heavy atom. The van der Waals surface area contributed by atoms with Gasteiger partial charge in [0.15, 0.2) is 0 Å². The van der Waals surface area contributed by atoms with E-state index in [2.05, 4.69) is 5.10 Å². The summed E-state index contributed by atoms with van der Waals surface area (Å²) in [6.07, 6.45) is 1.48. The van der Waals surface area contributed by atoms with Crippen LogP contribution in [-0.2, 0) is 11.3 Å². The molecule has 6 nitrogen and oxygen atoms in total. The molecule has 0 radical (unpaired) electrons. The first kappa shape index (κ1) is 19.9. The molecule has 1 saturated heterocycles. The number of rotatable bonds is 5. The predicted octanol–water partition coefficient (Wildman–Crippen LogP) is 3.89. The lowest BCUT2D eigenvalue weighted by Gasteiger charge is -2.19. The molecule has 30 heavy (non-hydrogen) atoms. The monoisotopic (exact) mass is 402 g/mol. The van der Waals surface area contributed by atoms with Gasteiger partial charge < -0.3 is 9.80 Å². The molecule has 2 amide bonds. The Morgan fingerprint density at radius 2 is 1.73 bits per heavy atom. The Morgan fingerprint density at radius 3 is 2.37 bits per heavy atom. The fraction of sp³-hybridized carbons (Fsp3) is 0.292. The molecule has 1 aliphatic heterocycles. The number of hydrogen-bond acceptors (Lipinski definition) is 3. The van der Waals surface area contributed by atoms with E-state index in [0.717, 1.165) is 41.3 Å². The molecule has 0 bridgehead atoms. The molecule has 154 valence electrons. The zero-order valence-corrected chi connectivity index (χ0v) is 17.6. The standard InChI is InChI=1S/C24H26N4O2/c1-17-22(18(2)28(25-17)21-8-5-4-6-9-21)16-26(3)24(30)19-11-13-20(14-12-19)27-15-7-10-23(27)29/h4-6,8-9,11-14H,7,10,15-16H2,1-3H3. The third kappa shape index (κ3) is 3.73. The van der Waals surface area contributed by atoms with Gasteiger partial charge in [-0.1, -0.05) is 18.2 Å². The van der Waals surface area contributed by atoms with Gasteiger partial charge in [0.25, 0.3) is 5.91 Å². The fourth-order valence-corrected chi connectivity index (χ4v) is 3.96. The molecule has 0 aliphatic carbocycles. The van der Waals surface area contributed by atoms with Crippen molar-refractivity contribution in [2.75, 3.05) is 18.5 Å². The number of carbonyl (C=O) groups excluding carboxylic acids is 2. The van der Waals surface area contributed by atoms with Crippen molar-refractivity contribution in [3.05, 3.63) is 77.1 Å². The van der Waals surface area contributed by atoms with Crippen LogP contribution < -0.4 is 4.90 Å². The van der Waals surface area contributed by atoms with Crippen molar-refractivity contribution >= 4 is 17.5 Å². The van der Waals surface area contributed by atoms with Crippen LogP contribution in [0.2, 0.25) is 0 Å². The summed E-state index contributed by atoms with van der Waals surface area (Å²) in [5.41, 5.74) is 5.46. The molecule has 0 N–H and O–H groups in total. The zero-order valence-electron chi connectivity index (χ0n) is 17.6. The first-order chi connectivity index (χ1) is 14.5. The highest BCUT2D eigenvalue weighted by Gasteiger charge is 2.22. The van der Waals surface area contributed by atoms with E-state index in [9.17, 15) is 9.59 Å². The number of aryl methyl sites for hydroxylation is 1. The van der Waals surface area contributed by atoms with E-state index in [4.69, 9.17) is 0 Å². The van der Waals surface area contributed by atoms with E-state index in [1.807, 2.05) is 61.0 Å². The highest BCUT2D eigenvalue weighted by Crippen LogP contribution is 2.23. The second-order valence-electron chi connectivity index (χ2n) is 7.75. The maximum atomic E-state index is 13.0. The molecule has 6 heteroatoms. The summed E-state index contributed by atoms with van der Waals surface area (Å²) >= 11 is 0. The molecular formula is C24H26N4O2. The molecule has 1 aromatic heterocycles. The summed E-state index contributed by atoms with van der Waals surface area (Å²) in [6.45, 7) is 5.23. The van der Waals surface area contributed by atoms with Crippen LogP contribution in [0.5, 0.6) is 0 Å². The van der Waals surface area contributed by atoms with Crippen molar-refractivity contribution in [1.29, 1.82) is 0 Å². The fourth-order valence-electron chi connectivity index (χ4n) is 3.96. The van der Waals surface area contributed by atoms with Crippen LogP contribution in [0.3, 0.4) is 0 Å². The average molecular weight is 402 g/mol. The molecule has 3 aromatic rings.